The Morgan fingerprint density at radius 3 is 2.07 bits per heavy atom. The van der Waals surface area contributed by atoms with E-state index in [1.807, 2.05) is 41.5 Å². The van der Waals surface area contributed by atoms with E-state index >= 15 is 0 Å². The molecule has 0 saturated carbocycles. The second-order valence-electron chi connectivity index (χ2n) is 5.80. The van der Waals surface area contributed by atoms with E-state index in [1.54, 1.807) is 10.9 Å². The number of hydrogen-bond donors (Lipinski definition) is 0. The van der Waals surface area contributed by atoms with Crippen molar-refractivity contribution in [2.45, 2.75) is 47.1 Å². The molecular weight excluding hydrogens is 190 g/mol. The Labute approximate surface area is 90.7 Å². The first-order valence-corrected chi connectivity index (χ1v) is 5.10. The van der Waals surface area contributed by atoms with Crippen molar-refractivity contribution in [2.75, 3.05) is 0 Å². The highest BCUT2D eigenvalue weighted by atomic mass is 16.1. The van der Waals surface area contributed by atoms with E-state index in [1.165, 1.54) is 0 Å². The molecule has 4 nitrogen and oxygen atoms in total. The summed E-state index contributed by atoms with van der Waals surface area (Å²) in [5, 5.41) is 7.88. The van der Waals surface area contributed by atoms with Crippen LogP contribution in [-0.4, -0.2) is 20.8 Å². The molecule has 0 fully saturated rings. The lowest BCUT2D eigenvalue weighted by Crippen LogP contribution is -2.23. The van der Waals surface area contributed by atoms with Crippen LogP contribution in [0.15, 0.2) is 6.20 Å². The zero-order chi connectivity index (χ0) is 11.9. The number of carbonyl (C=O) groups is 1. The van der Waals surface area contributed by atoms with E-state index in [-0.39, 0.29) is 11.3 Å². The SMILES string of the molecule is CC(C)(C)C(=O)c1cn(C(C)(C)C)nn1. The molecule has 0 aliphatic carbocycles. The molecule has 84 valence electrons. The summed E-state index contributed by atoms with van der Waals surface area (Å²) in [6.07, 6.45) is 1.72. The van der Waals surface area contributed by atoms with Crippen molar-refractivity contribution in [1.82, 2.24) is 15.0 Å². The Hall–Kier alpha value is -1.19. The molecule has 1 heterocycles. The van der Waals surface area contributed by atoms with E-state index in [9.17, 15) is 4.79 Å². The standard InChI is InChI=1S/C11H19N3O/c1-10(2,3)9(15)8-7-14(13-12-8)11(4,5)6/h7H,1-6H3. The van der Waals surface area contributed by atoms with E-state index in [2.05, 4.69) is 10.3 Å². The van der Waals surface area contributed by atoms with Gasteiger partial charge in [0.2, 0.25) is 0 Å². The van der Waals surface area contributed by atoms with Gasteiger partial charge < -0.3 is 0 Å². The third kappa shape index (κ3) is 2.64. The number of hydrogen-bond acceptors (Lipinski definition) is 3. The van der Waals surface area contributed by atoms with E-state index in [4.69, 9.17) is 0 Å². The van der Waals surface area contributed by atoms with Crippen molar-refractivity contribution in [1.29, 1.82) is 0 Å². The fraction of sp³-hybridized carbons (Fsp3) is 0.727. The van der Waals surface area contributed by atoms with Crippen molar-refractivity contribution < 1.29 is 4.79 Å². The summed E-state index contributed by atoms with van der Waals surface area (Å²) in [4.78, 5) is 11.9. The van der Waals surface area contributed by atoms with Gasteiger partial charge in [0.05, 0.1) is 11.7 Å². The Morgan fingerprint density at radius 2 is 1.73 bits per heavy atom. The van der Waals surface area contributed by atoms with Crippen molar-refractivity contribution in [3.63, 3.8) is 0 Å². The molecule has 0 aromatic carbocycles. The summed E-state index contributed by atoms with van der Waals surface area (Å²) >= 11 is 0. The zero-order valence-corrected chi connectivity index (χ0v) is 10.3. The predicted molar refractivity (Wildman–Crippen MR) is 58.8 cm³/mol. The molecule has 15 heavy (non-hydrogen) atoms. The lowest BCUT2D eigenvalue weighted by molar-refractivity contribution is 0.0853. The van der Waals surface area contributed by atoms with Crippen LogP contribution in [0.4, 0.5) is 0 Å². The first-order valence-electron chi connectivity index (χ1n) is 5.10. The molecule has 0 unspecified atom stereocenters. The van der Waals surface area contributed by atoms with Gasteiger partial charge in [0.15, 0.2) is 5.78 Å². The van der Waals surface area contributed by atoms with Crippen LogP contribution < -0.4 is 0 Å². The van der Waals surface area contributed by atoms with Gasteiger partial charge in [-0.3, -0.25) is 4.79 Å². The summed E-state index contributed by atoms with van der Waals surface area (Å²) in [5.41, 5.74) is -0.0975. The van der Waals surface area contributed by atoms with Gasteiger partial charge in [0.1, 0.15) is 5.69 Å². The fourth-order valence-electron chi connectivity index (χ4n) is 1.08. The maximum atomic E-state index is 11.9. The number of nitrogens with zero attached hydrogens (tertiary/aromatic N) is 3. The van der Waals surface area contributed by atoms with Crippen molar-refractivity contribution in [3.8, 4) is 0 Å². The monoisotopic (exact) mass is 209 g/mol. The highest BCUT2D eigenvalue weighted by molar-refractivity contribution is 5.97. The van der Waals surface area contributed by atoms with Crippen molar-refractivity contribution in [3.05, 3.63) is 11.9 Å². The zero-order valence-electron chi connectivity index (χ0n) is 10.3. The minimum atomic E-state index is -0.404. The largest absolute Gasteiger partial charge is 0.292 e. The van der Waals surface area contributed by atoms with Crippen LogP contribution in [0.1, 0.15) is 52.0 Å². The van der Waals surface area contributed by atoms with Crippen molar-refractivity contribution in [2.24, 2.45) is 5.41 Å². The maximum absolute atomic E-state index is 11.9. The summed E-state index contributed by atoms with van der Waals surface area (Å²) in [6.45, 7) is 11.7. The van der Waals surface area contributed by atoms with Gasteiger partial charge in [-0.25, -0.2) is 4.68 Å². The van der Waals surface area contributed by atoms with Crippen LogP contribution in [0.3, 0.4) is 0 Å². The van der Waals surface area contributed by atoms with Gasteiger partial charge in [0, 0.05) is 5.41 Å². The number of Topliss-reactive ketones (excluding diaryl/α,β-unsaturated/α-hetero) is 1. The van der Waals surface area contributed by atoms with Gasteiger partial charge in [0.25, 0.3) is 0 Å². The number of ketones is 1. The number of rotatable bonds is 1. The van der Waals surface area contributed by atoms with Crippen LogP contribution in [-0.2, 0) is 5.54 Å². The normalized spacial score (nSPS) is 12.9. The summed E-state index contributed by atoms with van der Waals surface area (Å²) in [7, 11) is 0. The Morgan fingerprint density at radius 1 is 1.20 bits per heavy atom. The minimum absolute atomic E-state index is 0.0259. The molecule has 0 bridgehead atoms. The van der Waals surface area contributed by atoms with Crippen LogP contribution in [0, 0.1) is 5.41 Å². The molecule has 1 aromatic rings. The lowest BCUT2D eigenvalue weighted by Gasteiger charge is -2.18. The highest BCUT2D eigenvalue weighted by Crippen LogP contribution is 2.20. The van der Waals surface area contributed by atoms with Gasteiger partial charge >= 0.3 is 0 Å². The molecule has 0 aliphatic heterocycles. The van der Waals surface area contributed by atoms with Gasteiger partial charge in [-0.05, 0) is 20.8 Å². The average Bonchev–Trinajstić information content (AvgIpc) is 2.47. The van der Waals surface area contributed by atoms with E-state index < -0.39 is 5.41 Å². The molecule has 0 N–H and O–H groups in total. The molecule has 0 radical (unpaired) electrons. The second-order valence-corrected chi connectivity index (χ2v) is 5.80. The van der Waals surface area contributed by atoms with E-state index in [0.717, 1.165) is 0 Å². The first-order chi connectivity index (χ1) is 6.62. The molecule has 0 amide bonds. The summed E-state index contributed by atoms with van der Waals surface area (Å²) in [5.74, 6) is 0.0259. The third-order valence-electron chi connectivity index (χ3n) is 2.09. The Kier molecular flexibility index (Phi) is 2.72. The average molecular weight is 209 g/mol. The molecule has 0 saturated heterocycles. The minimum Gasteiger partial charge on any atom is -0.292 e. The van der Waals surface area contributed by atoms with Crippen LogP contribution in [0.5, 0.6) is 0 Å². The van der Waals surface area contributed by atoms with Crippen LogP contribution in [0.25, 0.3) is 0 Å². The molecular formula is C11H19N3O. The van der Waals surface area contributed by atoms with Crippen LogP contribution >= 0.6 is 0 Å². The number of aromatic nitrogens is 3. The quantitative estimate of drug-likeness (QED) is 0.666. The van der Waals surface area contributed by atoms with Crippen LogP contribution in [0.2, 0.25) is 0 Å². The maximum Gasteiger partial charge on any atom is 0.190 e. The van der Waals surface area contributed by atoms with Gasteiger partial charge in [-0.1, -0.05) is 26.0 Å². The lowest BCUT2D eigenvalue weighted by atomic mass is 9.89. The number of carbonyl (C=O) groups excluding carboxylic acids is 1. The van der Waals surface area contributed by atoms with Crippen molar-refractivity contribution >= 4 is 5.78 Å². The molecule has 0 spiro atoms. The summed E-state index contributed by atoms with van der Waals surface area (Å²) in [6, 6.07) is 0. The molecule has 1 aromatic heterocycles. The second kappa shape index (κ2) is 3.43. The molecule has 4 heteroatoms. The first kappa shape index (κ1) is 11.9. The smallest absolute Gasteiger partial charge is 0.190 e. The molecule has 0 aliphatic rings. The topological polar surface area (TPSA) is 47.8 Å². The van der Waals surface area contributed by atoms with E-state index in [0.29, 0.717) is 5.69 Å². The highest BCUT2D eigenvalue weighted by Gasteiger charge is 2.26. The predicted octanol–water partition coefficient (Wildman–Crippen LogP) is 2.26. The van der Waals surface area contributed by atoms with Gasteiger partial charge in [-0.2, -0.15) is 0 Å². The molecule has 0 atom stereocenters. The fourth-order valence-corrected chi connectivity index (χ4v) is 1.08. The Bertz CT molecular complexity index is 366. The third-order valence-corrected chi connectivity index (χ3v) is 2.09. The summed E-state index contributed by atoms with van der Waals surface area (Å²) < 4.78 is 1.71. The van der Waals surface area contributed by atoms with Gasteiger partial charge in [-0.15, -0.1) is 5.10 Å². The Balaban J connectivity index is 3.01. The molecule has 1 rings (SSSR count).